The molecule has 1 N–H and O–H groups in total. The molecule has 0 radical (unpaired) electrons. The van der Waals surface area contributed by atoms with E-state index in [1.54, 1.807) is 0 Å². The van der Waals surface area contributed by atoms with Crippen molar-refractivity contribution in [3.05, 3.63) is 10.6 Å². The van der Waals surface area contributed by atoms with Gasteiger partial charge in [0.25, 0.3) is 0 Å². The van der Waals surface area contributed by atoms with E-state index in [9.17, 15) is 5.11 Å². The summed E-state index contributed by atoms with van der Waals surface area (Å²) < 4.78 is 10.0. The van der Waals surface area contributed by atoms with Gasteiger partial charge in [-0.2, -0.15) is 5.10 Å². The third kappa shape index (κ3) is 3.11. The first kappa shape index (κ1) is 15.6. The molecule has 114 valence electrons. The van der Waals surface area contributed by atoms with Gasteiger partial charge in [0.15, 0.2) is 10.6 Å². The van der Waals surface area contributed by atoms with Crippen molar-refractivity contribution in [2.45, 2.75) is 59.2 Å². The fraction of sp³-hybridized carbons (Fsp3) is 0.846. The van der Waals surface area contributed by atoms with Gasteiger partial charge in [-0.15, -0.1) is 0 Å². The van der Waals surface area contributed by atoms with Gasteiger partial charge in [-0.25, -0.2) is 4.68 Å². The summed E-state index contributed by atoms with van der Waals surface area (Å²) >= 11 is 5.48. The van der Waals surface area contributed by atoms with Crippen LogP contribution < -0.4 is 0 Å². The molecule has 1 aromatic heterocycles. The topological polar surface area (TPSA) is 55.5 Å². The zero-order valence-electron chi connectivity index (χ0n) is 12.4. The van der Waals surface area contributed by atoms with Crippen molar-refractivity contribution in [3.63, 3.8) is 0 Å². The van der Waals surface area contributed by atoms with E-state index in [-0.39, 0.29) is 12.7 Å². The first-order valence-electron chi connectivity index (χ1n) is 7.21. The van der Waals surface area contributed by atoms with Crippen LogP contribution in [0.2, 0.25) is 0 Å². The zero-order valence-corrected chi connectivity index (χ0v) is 13.3. The van der Waals surface area contributed by atoms with Gasteiger partial charge in [-0.3, -0.25) is 4.90 Å². The summed E-state index contributed by atoms with van der Waals surface area (Å²) in [6.07, 6.45) is 1.19. The maximum atomic E-state index is 9.41. The number of morpholine rings is 1. The highest BCUT2D eigenvalue weighted by molar-refractivity contribution is 7.71. The number of rotatable bonds is 5. The molecule has 6 nitrogen and oxygen atoms in total. The van der Waals surface area contributed by atoms with Crippen LogP contribution in [-0.2, 0) is 24.6 Å². The van der Waals surface area contributed by atoms with Gasteiger partial charge >= 0.3 is 0 Å². The van der Waals surface area contributed by atoms with E-state index in [1.807, 2.05) is 9.25 Å². The minimum atomic E-state index is -0.0777. The van der Waals surface area contributed by atoms with E-state index in [0.29, 0.717) is 23.3 Å². The van der Waals surface area contributed by atoms with Crippen molar-refractivity contribution >= 4 is 12.2 Å². The number of ether oxygens (including phenoxy) is 1. The molecular formula is C13H24N4O2S. The van der Waals surface area contributed by atoms with Crippen LogP contribution in [0.5, 0.6) is 0 Å². The molecule has 0 bridgehead atoms. The lowest BCUT2D eigenvalue weighted by Gasteiger charge is -2.37. The number of aliphatic hydroxyl groups is 1. The summed E-state index contributed by atoms with van der Waals surface area (Å²) in [5.74, 6) is 0.644. The van der Waals surface area contributed by atoms with Crippen molar-refractivity contribution in [1.29, 1.82) is 0 Å². The maximum absolute atomic E-state index is 9.41. The Labute approximate surface area is 125 Å². The summed E-state index contributed by atoms with van der Waals surface area (Å²) in [7, 11) is 0. The SMILES string of the molecule is CCCn1c(CO)nn(CN2CCOC(C)C2C)c1=S. The van der Waals surface area contributed by atoms with Crippen LogP contribution in [-0.4, -0.2) is 49.7 Å². The number of aliphatic hydroxyl groups excluding tert-OH is 1. The highest BCUT2D eigenvalue weighted by Gasteiger charge is 2.26. The van der Waals surface area contributed by atoms with Crippen LogP contribution in [0.4, 0.5) is 0 Å². The lowest BCUT2D eigenvalue weighted by atomic mass is 10.1. The second-order valence-corrected chi connectivity index (χ2v) is 5.64. The quantitative estimate of drug-likeness (QED) is 0.833. The van der Waals surface area contributed by atoms with Gasteiger partial charge in [0, 0.05) is 19.1 Å². The Morgan fingerprint density at radius 2 is 2.20 bits per heavy atom. The average molecular weight is 300 g/mol. The number of hydrogen-bond acceptors (Lipinski definition) is 5. The van der Waals surface area contributed by atoms with Crippen LogP contribution in [0.15, 0.2) is 0 Å². The third-order valence-electron chi connectivity index (χ3n) is 3.92. The van der Waals surface area contributed by atoms with Gasteiger partial charge in [-0.05, 0) is 32.5 Å². The Hall–Kier alpha value is -0.760. The first-order chi connectivity index (χ1) is 9.58. The van der Waals surface area contributed by atoms with Crippen LogP contribution in [0.25, 0.3) is 0 Å². The smallest absolute Gasteiger partial charge is 0.199 e. The second-order valence-electron chi connectivity index (χ2n) is 5.28. The molecule has 0 saturated carbocycles. The normalized spacial score (nSPS) is 24.2. The summed E-state index contributed by atoms with van der Waals surface area (Å²) in [5.41, 5.74) is 0. The molecule has 2 unspecified atom stereocenters. The van der Waals surface area contributed by atoms with Crippen molar-refractivity contribution in [1.82, 2.24) is 19.2 Å². The van der Waals surface area contributed by atoms with E-state index in [4.69, 9.17) is 17.0 Å². The summed E-state index contributed by atoms with van der Waals surface area (Å²) in [4.78, 5) is 2.31. The van der Waals surface area contributed by atoms with Crippen molar-refractivity contribution in [2.24, 2.45) is 0 Å². The lowest BCUT2D eigenvalue weighted by molar-refractivity contribution is -0.0681. The Kier molecular flexibility index (Phi) is 5.31. The lowest BCUT2D eigenvalue weighted by Crippen LogP contribution is -2.49. The highest BCUT2D eigenvalue weighted by atomic mass is 32.1. The van der Waals surface area contributed by atoms with Crippen LogP contribution in [0.3, 0.4) is 0 Å². The van der Waals surface area contributed by atoms with Crippen LogP contribution >= 0.6 is 12.2 Å². The van der Waals surface area contributed by atoms with Crippen LogP contribution in [0.1, 0.15) is 33.0 Å². The number of nitrogens with zero attached hydrogens (tertiary/aromatic N) is 4. The van der Waals surface area contributed by atoms with Gasteiger partial charge in [0.2, 0.25) is 0 Å². The maximum Gasteiger partial charge on any atom is 0.199 e. The summed E-state index contributed by atoms with van der Waals surface area (Å²) in [5, 5.41) is 13.8. The molecule has 1 aromatic rings. The predicted molar refractivity (Wildman–Crippen MR) is 78.8 cm³/mol. The molecule has 0 aromatic carbocycles. The molecule has 7 heteroatoms. The summed E-state index contributed by atoms with van der Waals surface area (Å²) in [6, 6.07) is 0.333. The molecule has 0 spiro atoms. The first-order valence-corrected chi connectivity index (χ1v) is 7.62. The Balaban J connectivity index is 2.19. The summed E-state index contributed by atoms with van der Waals surface area (Å²) in [6.45, 7) is 9.32. The molecule has 2 heterocycles. The molecule has 2 rings (SSSR count). The molecule has 0 amide bonds. The fourth-order valence-corrected chi connectivity index (χ4v) is 2.81. The molecular weight excluding hydrogens is 276 g/mol. The minimum absolute atomic E-state index is 0.0777. The fourth-order valence-electron chi connectivity index (χ4n) is 2.51. The second kappa shape index (κ2) is 6.80. The molecule has 1 fully saturated rings. The van der Waals surface area contributed by atoms with Crippen LogP contribution in [0, 0.1) is 4.77 Å². The Bertz CT molecular complexity index is 499. The van der Waals surface area contributed by atoms with E-state index in [1.165, 1.54) is 0 Å². The Morgan fingerprint density at radius 3 is 2.85 bits per heavy atom. The van der Waals surface area contributed by atoms with Gasteiger partial charge in [0.1, 0.15) is 6.61 Å². The highest BCUT2D eigenvalue weighted by Crippen LogP contribution is 2.15. The average Bonchev–Trinajstić information content (AvgIpc) is 2.73. The molecule has 2 atom stereocenters. The standard InChI is InChI=1S/C13H24N4O2S/c1-4-5-16-12(8-18)14-17(13(16)20)9-15-6-7-19-11(3)10(15)2/h10-11,18H,4-9H2,1-3H3. The van der Waals surface area contributed by atoms with E-state index in [0.717, 1.165) is 26.1 Å². The largest absolute Gasteiger partial charge is 0.388 e. The van der Waals surface area contributed by atoms with Gasteiger partial charge in [0.05, 0.1) is 19.4 Å². The van der Waals surface area contributed by atoms with Crippen molar-refractivity contribution in [2.75, 3.05) is 13.2 Å². The number of aromatic nitrogens is 3. The monoisotopic (exact) mass is 300 g/mol. The van der Waals surface area contributed by atoms with Gasteiger partial charge in [-0.1, -0.05) is 6.92 Å². The van der Waals surface area contributed by atoms with E-state index >= 15 is 0 Å². The molecule has 1 aliphatic heterocycles. The van der Waals surface area contributed by atoms with Crippen molar-refractivity contribution < 1.29 is 9.84 Å². The molecule has 1 aliphatic rings. The van der Waals surface area contributed by atoms with Crippen molar-refractivity contribution in [3.8, 4) is 0 Å². The van der Waals surface area contributed by atoms with Gasteiger partial charge < -0.3 is 14.4 Å². The predicted octanol–water partition coefficient (Wildman–Crippen LogP) is 1.38. The third-order valence-corrected chi connectivity index (χ3v) is 4.35. The molecule has 0 aliphatic carbocycles. The molecule has 20 heavy (non-hydrogen) atoms. The minimum Gasteiger partial charge on any atom is -0.388 e. The zero-order chi connectivity index (χ0) is 14.7. The Morgan fingerprint density at radius 1 is 1.45 bits per heavy atom. The van der Waals surface area contributed by atoms with E-state index < -0.39 is 0 Å². The van der Waals surface area contributed by atoms with E-state index in [2.05, 4.69) is 30.8 Å². The number of hydrogen-bond donors (Lipinski definition) is 1. The molecule has 1 saturated heterocycles.